The van der Waals surface area contributed by atoms with Crippen LogP contribution in [0.1, 0.15) is 30.2 Å². The second-order valence-electron chi connectivity index (χ2n) is 5.36. The number of nitrogens with zero attached hydrogens (tertiary/aromatic N) is 3. The fourth-order valence-electron chi connectivity index (χ4n) is 3.21. The minimum atomic E-state index is -0.999. The lowest BCUT2D eigenvalue weighted by Gasteiger charge is -2.30. The number of imidazole rings is 1. The molecule has 118 valence electrons. The summed E-state index contributed by atoms with van der Waals surface area (Å²) < 4.78 is 12.7. The van der Waals surface area contributed by atoms with E-state index in [1.165, 1.54) is 7.11 Å². The Morgan fingerprint density at radius 3 is 3.04 bits per heavy atom. The molecular formula is C17H17N3O3. The zero-order chi connectivity index (χ0) is 16.4. The molecule has 0 bridgehead atoms. The van der Waals surface area contributed by atoms with Gasteiger partial charge in [0.1, 0.15) is 5.75 Å². The van der Waals surface area contributed by atoms with Crippen molar-refractivity contribution in [3.63, 3.8) is 0 Å². The molecule has 1 aliphatic heterocycles. The molecule has 23 heavy (non-hydrogen) atoms. The zero-order valence-electron chi connectivity index (χ0n) is 13.1. The Labute approximate surface area is 134 Å². The molecule has 0 spiro atoms. The summed E-state index contributed by atoms with van der Waals surface area (Å²) in [4.78, 5) is 17.0. The molecule has 6 heteroatoms. The number of hydrogen-bond donors (Lipinski definition) is 0. The molecule has 0 saturated heterocycles. The fourth-order valence-corrected chi connectivity index (χ4v) is 3.21. The number of hydrogen-bond acceptors (Lipinski definition) is 5. The van der Waals surface area contributed by atoms with Gasteiger partial charge < -0.3 is 14.0 Å². The molecule has 1 aliphatic rings. The number of methoxy groups -OCH3 is 1. The number of fused-ring (bicyclic) bond motifs is 1. The average Bonchev–Trinajstić information content (AvgIpc) is 3.17. The molecule has 2 heterocycles. The lowest BCUT2D eigenvalue weighted by molar-refractivity contribution is -0.151. The van der Waals surface area contributed by atoms with Crippen molar-refractivity contribution in [2.75, 3.05) is 13.7 Å². The van der Waals surface area contributed by atoms with Crippen molar-refractivity contribution in [3.05, 3.63) is 47.5 Å². The van der Waals surface area contributed by atoms with Crippen LogP contribution in [-0.4, -0.2) is 29.2 Å². The van der Waals surface area contributed by atoms with Gasteiger partial charge in [-0.3, -0.25) is 0 Å². The smallest absolute Gasteiger partial charge is 0.337 e. The Hall–Kier alpha value is -2.81. The number of ether oxygens (including phenoxy) is 2. The maximum Gasteiger partial charge on any atom is 0.337 e. The standard InChI is InChI=1S/C17H17N3O3/c1-3-23-16(21)17(7-6-13-10-19-11-20(13)17)14-5-4-12(9-18)8-15(14)22-2/h4-5,8,10-11H,3,6-7H2,1-2H3. The second kappa shape index (κ2) is 5.76. The van der Waals surface area contributed by atoms with Crippen LogP contribution in [0, 0.1) is 11.3 Å². The van der Waals surface area contributed by atoms with Gasteiger partial charge in [0.25, 0.3) is 0 Å². The van der Waals surface area contributed by atoms with E-state index in [1.807, 2.05) is 4.57 Å². The first kappa shape index (κ1) is 15.1. The summed E-state index contributed by atoms with van der Waals surface area (Å²) in [6.07, 6.45) is 4.71. The van der Waals surface area contributed by atoms with Gasteiger partial charge >= 0.3 is 5.97 Å². The summed E-state index contributed by atoms with van der Waals surface area (Å²) in [6.45, 7) is 2.08. The summed E-state index contributed by atoms with van der Waals surface area (Å²) >= 11 is 0. The second-order valence-corrected chi connectivity index (χ2v) is 5.36. The summed E-state index contributed by atoms with van der Waals surface area (Å²) in [5.41, 5.74) is 1.15. The number of esters is 1. The molecule has 6 nitrogen and oxygen atoms in total. The number of carbonyl (C=O) groups excluding carboxylic acids is 1. The maximum absolute atomic E-state index is 12.9. The quantitative estimate of drug-likeness (QED) is 0.807. The molecule has 2 aromatic rings. The summed E-state index contributed by atoms with van der Waals surface area (Å²) in [7, 11) is 1.53. The summed E-state index contributed by atoms with van der Waals surface area (Å²) in [6, 6.07) is 7.18. The van der Waals surface area contributed by atoms with Gasteiger partial charge in [0.05, 0.1) is 31.7 Å². The molecule has 1 aromatic carbocycles. The van der Waals surface area contributed by atoms with Gasteiger partial charge in [-0.25, -0.2) is 9.78 Å². The van der Waals surface area contributed by atoms with Crippen LogP contribution in [0.2, 0.25) is 0 Å². The number of aromatic nitrogens is 2. The van der Waals surface area contributed by atoms with Crippen LogP contribution in [0.4, 0.5) is 0 Å². The van der Waals surface area contributed by atoms with Crippen LogP contribution < -0.4 is 4.74 Å². The Morgan fingerprint density at radius 2 is 2.35 bits per heavy atom. The van der Waals surface area contributed by atoms with Crippen molar-refractivity contribution in [3.8, 4) is 11.8 Å². The molecular weight excluding hydrogens is 294 g/mol. The highest BCUT2D eigenvalue weighted by Crippen LogP contribution is 2.43. The third-order valence-electron chi connectivity index (χ3n) is 4.26. The van der Waals surface area contributed by atoms with Gasteiger partial charge in [0.15, 0.2) is 5.54 Å². The number of carbonyl (C=O) groups is 1. The van der Waals surface area contributed by atoms with E-state index in [1.54, 1.807) is 37.6 Å². The monoisotopic (exact) mass is 311 g/mol. The van der Waals surface area contributed by atoms with Gasteiger partial charge in [-0.2, -0.15) is 5.26 Å². The van der Waals surface area contributed by atoms with E-state index in [2.05, 4.69) is 11.1 Å². The molecule has 0 fully saturated rings. The van der Waals surface area contributed by atoms with Gasteiger partial charge in [0, 0.05) is 17.5 Å². The Morgan fingerprint density at radius 1 is 1.52 bits per heavy atom. The van der Waals surface area contributed by atoms with Crippen LogP contribution in [-0.2, 0) is 21.5 Å². The van der Waals surface area contributed by atoms with Crippen LogP contribution in [0.5, 0.6) is 5.75 Å². The van der Waals surface area contributed by atoms with Crippen molar-refractivity contribution in [2.24, 2.45) is 0 Å². The first-order valence-electron chi connectivity index (χ1n) is 7.45. The van der Waals surface area contributed by atoms with E-state index < -0.39 is 5.54 Å². The lowest BCUT2D eigenvalue weighted by atomic mass is 9.86. The molecule has 0 amide bonds. The van der Waals surface area contributed by atoms with Gasteiger partial charge in [0.2, 0.25) is 0 Å². The molecule has 0 N–H and O–H groups in total. The normalized spacial score (nSPS) is 19.0. The number of rotatable bonds is 4. The van der Waals surface area contributed by atoms with Crippen molar-refractivity contribution in [2.45, 2.75) is 25.3 Å². The van der Waals surface area contributed by atoms with Crippen molar-refractivity contribution in [1.82, 2.24) is 9.55 Å². The van der Waals surface area contributed by atoms with Gasteiger partial charge in [-0.15, -0.1) is 0 Å². The minimum absolute atomic E-state index is 0.295. The first-order chi connectivity index (χ1) is 11.2. The number of benzene rings is 1. The van der Waals surface area contributed by atoms with E-state index in [9.17, 15) is 4.79 Å². The predicted molar refractivity (Wildman–Crippen MR) is 82.0 cm³/mol. The molecule has 0 saturated carbocycles. The summed E-state index contributed by atoms with van der Waals surface area (Å²) in [5, 5.41) is 9.08. The predicted octanol–water partition coefficient (Wildman–Crippen LogP) is 2.02. The van der Waals surface area contributed by atoms with E-state index in [-0.39, 0.29) is 5.97 Å². The van der Waals surface area contributed by atoms with Crippen LogP contribution >= 0.6 is 0 Å². The maximum atomic E-state index is 12.9. The topological polar surface area (TPSA) is 77.1 Å². The highest BCUT2D eigenvalue weighted by molar-refractivity contribution is 5.85. The Kier molecular flexibility index (Phi) is 3.78. The van der Waals surface area contributed by atoms with Crippen molar-refractivity contribution in [1.29, 1.82) is 5.26 Å². The molecule has 1 unspecified atom stereocenters. The highest BCUT2D eigenvalue weighted by atomic mass is 16.5. The molecule has 1 aromatic heterocycles. The molecule has 0 aliphatic carbocycles. The molecule has 0 radical (unpaired) electrons. The molecule has 1 atom stereocenters. The van der Waals surface area contributed by atoms with Gasteiger partial charge in [-0.1, -0.05) is 6.07 Å². The van der Waals surface area contributed by atoms with E-state index >= 15 is 0 Å². The first-order valence-corrected chi connectivity index (χ1v) is 7.45. The zero-order valence-corrected chi connectivity index (χ0v) is 13.1. The van der Waals surface area contributed by atoms with Gasteiger partial charge in [-0.05, 0) is 31.9 Å². The van der Waals surface area contributed by atoms with Crippen LogP contribution in [0.3, 0.4) is 0 Å². The number of nitriles is 1. The fraction of sp³-hybridized carbons (Fsp3) is 0.353. The van der Waals surface area contributed by atoms with Crippen LogP contribution in [0.15, 0.2) is 30.7 Å². The van der Waals surface area contributed by atoms with E-state index in [0.717, 1.165) is 12.1 Å². The number of aryl methyl sites for hydroxylation is 1. The van der Waals surface area contributed by atoms with Crippen molar-refractivity contribution < 1.29 is 14.3 Å². The average molecular weight is 311 g/mol. The van der Waals surface area contributed by atoms with Crippen LogP contribution in [0.25, 0.3) is 0 Å². The van der Waals surface area contributed by atoms with Crippen molar-refractivity contribution >= 4 is 5.97 Å². The minimum Gasteiger partial charge on any atom is -0.496 e. The third kappa shape index (κ3) is 2.16. The Bertz CT molecular complexity index is 791. The highest BCUT2D eigenvalue weighted by Gasteiger charge is 2.49. The summed E-state index contributed by atoms with van der Waals surface area (Å²) in [5.74, 6) is 0.165. The largest absolute Gasteiger partial charge is 0.496 e. The molecule has 3 rings (SSSR count). The Balaban J connectivity index is 2.23. The van der Waals surface area contributed by atoms with E-state index in [4.69, 9.17) is 14.7 Å². The lowest BCUT2D eigenvalue weighted by Crippen LogP contribution is -2.42. The third-order valence-corrected chi connectivity index (χ3v) is 4.26. The SMILES string of the molecule is CCOC(=O)C1(c2ccc(C#N)cc2OC)CCc2cncn21. The van der Waals surface area contributed by atoms with E-state index in [0.29, 0.717) is 29.9 Å².